The summed E-state index contributed by atoms with van der Waals surface area (Å²) in [4.78, 5) is 44.3. The number of amides is 1. The summed E-state index contributed by atoms with van der Waals surface area (Å²) in [6.07, 6.45) is 0. The van der Waals surface area contributed by atoms with Crippen LogP contribution in [0.1, 0.15) is 5.56 Å². The van der Waals surface area contributed by atoms with Gasteiger partial charge >= 0.3 is 5.97 Å². The van der Waals surface area contributed by atoms with Gasteiger partial charge in [0.25, 0.3) is 11.7 Å². The van der Waals surface area contributed by atoms with Crippen LogP contribution in [-0.4, -0.2) is 66.8 Å². The number of para-hydroxylation sites is 1. The van der Waals surface area contributed by atoms with Crippen LogP contribution in [0, 0.1) is 0 Å². The van der Waals surface area contributed by atoms with E-state index in [0.717, 1.165) is 7.11 Å². The van der Waals surface area contributed by atoms with Crippen molar-refractivity contribution in [3.05, 3.63) is 71.8 Å². The maximum atomic E-state index is 13.3. The molecule has 1 heterocycles. The molecule has 2 aromatic carbocycles. The van der Waals surface area contributed by atoms with Gasteiger partial charge in [-0.1, -0.05) is 48.5 Å². The fraction of sp³-hybridized carbons (Fsp3) is 0.217. The molecular formula is C23H22N2O6. The number of aliphatic hydroxyl groups excluding tert-OH is 1. The Hall–Kier alpha value is -3.78. The number of esters is 1. The molecular weight excluding hydrogens is 400 g/mol. The van der Waals surface area contributed by atoms with E-state index in [1.807, 2.05) is 0 Å². The van der Waals surface area contributed by atoms with Crippen molar-refractivity contribution in [1.29, 1.82) is 0 Å². The van der Waals surface area contributed by atoms with Gasteiger partial charge in [0.1, 0.15) is 11.3 Å². The molecule has 31 heavy (non-hydrogen) atoms. The van der Waals surface area contributed by atoms with E-state index in [4.69, 9.17) is 9.47 Å². The Balaban J connectivity index is 2.16. The highest BCUT2D eigenvalue weighted by molar-refractivity contribution is 6.60. The molecule has 1 amide bonds. The quantitative estimate of drug-likeness (QED) is 0.252. The van der Waals surface area contributed by atoms with Crippen LogP contribution >= 0.6 is 0 Å². The van der Waals surface area contributed by atoms with Crippen molar-refractivity contribution >= 4 is 34.8 Å². The number of ketones is 1. The van der Waals surface area contributed by atoms with Crippen LogP contribution in [0.2, 0.25) is 0 Å². The number of Topliss-reactive ketones (excluding diaryl/α,β-unsaturated/α-hetero) is 1. The van der Waals surface area contributed by atoms with Crippen molar-refractivity contribution in [1.82, 2.24) is 4.90 Å². The molecule has 0 aliphatic carbocycles. The molecule has 160 valence electrons. The number of morpholine rings is 1. The van der Waals surface area contributed by atoms with Crippen LogP contribution in [0.4, 0.5) is 5.69 Å². The largest absolute Gasteiger partial charge is 0.506 e. The zero-order valence-corrected chi connectivity index (χ0v) is 17.0. The maximum absolute atomic E-state index is 13.3. The van der Waals surface area contributed by atoms with Gasteiger partial charge in [0.15, 0.2) is 5.71 Å². The van der Waals surface area contributed by atoms with Gasteiger partial charge in [-0.25, -0.2) is 9.79 Å². The van der Waals surface area contributed by atoms with Crippen molar-refractivity contribution in [3.8, 4) is 0 Å². The van der Waals surface area contributed by atoms with E-state index in [2.05, 4.69) is 4.99 Å². The van der Waals surface area contributed by atoms with E-state index in [9.17, 15) is 19.5 Å². The minimum Gasteiger partial charge on any atom is -0.506 e. The number of ether oxygens (including phenoxy) is 2. The van der Waals surface area contributed by atoms with Crippen molar-refractivity contribution in [3.63, 3.8) is 0 Å². The Morgan fingerprint density at radius 3 is 2.13 bits per heavy atom. The molecule has 2 aromatic rings. The van der Waals surface area contributed by atoms with Crippen LogP contribution in [0.15, 0.2) is 71.2 Å². The van der Waals surface area contributed by atoms with Crippen LogP contribution in [0.5, 0.6) is 0 Å². The number of benzene rings is 2. The molecule has 0 saturated carbocycles. The minimum atomic E-state index is -1.05. The third-order valence-corrected chi connectivity index (χ3v) is 4.62. The van der Waals surface area contributed by atoms with Crippen molar-refractivity contribution in [2.24, 2.45) is 4.99 Å². The smallest absolute Gasteiger partial charge is 0.357 e. The third-order valence-electron chi connectivity index (χ3n) is 4.62. The minimum absolute atomic E-state index is 0.230. The topological polar surface area (TPSA) is 106 Å². The second kappa shape index (κ2) is 10.3. The lowest BCUT2D eigenvalue weighted by molar-refractivity contribution is -0.145. The monoisotopic (exact) mass is 422 g/mol. The van der Waals surface area contributed by atoms with Gasteiger partial charge in [-0.3, -0.25) is 9.59 Å². The number of carbonyl (C=O) groups is 3. The number of methoxy groups -OCH3 is 1. The fourth-order valence-electron chi connectivity index (χ4n) is 3.02. The van der Waals surface area contributed by atoms with E-state index in [1.54, 1.807) is 60.7 Å². The molecule has 1 fully saturated rings. The first kappa shape index (κ1) is 21.9. The summed E-state index contributed by atoms with van der Waals surface area (Å²) in [5.41, 5.74) is -0.363. The highest BCUT2D eigenvalue weighted by Crippen LogP contribution is 2.22. The Morgan fingerprint density at radius 2 is 1.55 bits per heavy atom. The van der Waals surface area contributed by atoms with Gasteiger partial charge in [-0.05, 0) is 12.1 Å². The number of rotatable bonds is 6. The summed E-state index contributed by atoms with van der Waals surface area (Å²) in [6.45, 7) is 1.05. The second-order valence-electron chi connectivity index (χ2n) is 6.61. The average Bonchev–Trinajstić information content (AvgIpc) is 2.84. The maximum Gasteiger partial charge on any atom is 0.357 e. The lowest BCUT2D eigenvalue weighted by Crippen LogP contribution is -2.45. The normalized spacial score (nSPS) is 15.1. The van der Waals surface area contributed by atoms with E-state index in [-0.39, 0.29) is 18.7 Å². The Morgan fingerprint density at radius 1 is 0.968 bits per heavy atom. The summed E-state index contributed by atoms with van der Waals surface area (Å²) in [5.74, 6) is -3.40. The summed E-state index contributed by atoms with van der Waals surface area (Å²) in [7, 11) is 1.13. The first-order valence-electron chi connectivity index (χ1n) is 9.65. The number of hydrogen-bond donors (Lipinski definition) is 1. The Labute approximate surface area is 179 Å². The second-order valence-corrected chi connectivity index (χ2v) is 6.61. The van der Waals surface area contributed by atoms with Crippen LogP contribution in [0.3, 0.4) is 0 Å². The van der Waals surface area contributed by atoms with Crippen molar-refractivity contribution < 1.29 is 29.0 Å². The van der Waals surface area contributed by atoms with E-state index < -0.39 is 34.7 Å². The zero-order chi connectivity index (χ0) is 22.2. The van der Waals surface area contributed by atoms with Crippen LogP contribution in [-0.2, 0) is 23.9 Å². The Kier molecular flexibility index (Phi) is 7.29. The predicted octanol–water partition coefficient (Wildman–Crippen LogP) is 2.33. The highest BCUT2D eigenvalue weighted by atomic mass is 16.5. The number of hydrogen-bond acceptors (Lipinski definition) is 7. The molecule has 3 rings (SSSR count). The van der Waals surface area contributed by atoms with Gasteiger partial charge in [0.05, 0.1) is 26.0 Å². The molecule has 0 spiro atoms. The lowest BCUT2D eigenvalue weighted by Gasteiger charge is -2.26. The summed E-state index contributed by atoms with van der Waals surface area (Å²) >= 11 is 0. The molecule has 0 unspecified atom stereocenters. The first-order valence-corrected chi connectivity index (χ1v) is 9.65. The highest BCUT2D eigenvalue weighted by Gasteiger charge is 2.35. The number of aliphatic hydroxyl groups is 1. The third kappa shape index (κ3) is 5.23. The zero-order valence-electron chi connectivity index (χ0n) is 17.0. The number of carbonyl (C=O) groups excluding carboxylic acids is 3. The molecule has 1 aliphatic rings. The Bertz CT molecular complexity index is 1010. The molecule has 0 atom stereocenters. The molecule has 0 aromatic heterocycles. The van der Waals surface area contributed by atoms with E-state index in [0.29, 0.717) is 18.9 Å². The predicted molar refractivity (Wildman–Crippen MR) is 114 cm³/mol. The van der Waals surface area contributed by atoms with Crippen molar-refractivity contribution in [2.45, 2.75) is 0 Å². The number of nitrogens with zero attached hydrogens (tertiary/aromatic N) is 2. The molecule has 8 nitrogen and oxygen atoms in total. The van der Waals surface area contributed by atoms with Gasteiger partial charge in [-0.15, -0.1) is 0 Å². The standard InChI is InChI=1S/C23H22N2O6/c1-30-23(29)19(24-17-10-6-3-7-11-17)18(20(26)16-8-4-2-5-9-16)21(27)22(28)25-12-14-31-15-13-25/h2-11,26H,12-15H2,1H3. The molecule has 0 bridgehead atoms. The summed E-state index contributed by atoms with van der Waals surface area (Å²) in [5, 5.41) is 11.0. The molecule has 8 heteroatoms. The van der Waals surface area contributed by atoms with E-state index in [1.165, 1.54) is 4.90 Å². The fourth-order valence-corrected chi connectivity index (χ4v) is 3.02. The lowest BCUT2D eigenvalue weighted by atomic mass is 9.98. The first-order chi connectivity index (χ1) is 15.0. The van der Waals surface area contributed by atoms with Crippen LogP contribution in [0.25, 0.3) is 5.76 Å². The van der Waals surface area contributed by atoms with Gasteiger partial charge < -0.3 is 19.5 Å². The van der Waals surface area contributed by atoms with Gasteiger partial charge in [0.2, 0.25) is 0 Å². The molecule has 0 radical (unpaired) electrons. The van der Waals surface area contributed by atoms with E-state index >= 15 is 0 Å². The van der Waals surface area contributed by atoms with Gasteiger partial charge in [-0.2, -0.15) is 0 Å². The van der Waals surface area contributed by atoms with Gasteiger partial charge in [0, 0.05) is 18.7 Å². The molecule has 1 saturated heterocycles. The van der Waals surface area contributed by atoms with Crippen molar-refractivity contribution in [2.75, 3.05) is 33.4 Å². The summed E-state index contributed by atoms with van der Waals surface area (Å²) in [6, 6.07) is 16.6. The molecule has 1 N–H and O–H groups in total. The SMILES string of the molecule is COC(=O)C(=Nc1ccccc1)C(C(=O)C(=O)N1CCOCC1)=C(O)c1ccccc1. The molecule has 1 aliphatic heterocycles. The summed E-state index contributed by atoms with van der Waals surface area (Å²) < 4.78 is 10.0. The number of aliphatic imine (C=N–C) groups is 1. The average molecular weight is 422 g/mol. The van der Waals surface area contributed by atoms with Crippen LogP contribution < -0.4 is 0 Å².